The lowest BCUT2D eigenvalue weighted by molar-refractivity contribution is -0.136. The highest BCUT2D eigenvalue weighted by molar-refractivity contribution is 6.61. The van der Waals surface area contributed by atoms with Crippen LogP contribution in [0.1, 0.15) is 29.3 Å². The minimum atomic E-state index is -1.23. The summed E-state index contributed by atoms with van der Waals surface area (Å²) in [6.07, 6.45) is 0.599. The smallest absolute Gasteiger partial charge is 0.335 e. The number of hydrogen-bond donors (Lipinski definition) is 4. The third-order valence-electron chi connectivity index (χ3n) is 7.13. The van der Waals surface area contributed by atoms with Crippen molar-refractivity contribution < 1.29 is 39.2 Å². The van der Waals surface area contributed by atoms with Gasteiger partial charge in [0.2, 0.25) is 0 Å². The number of hydrogen-bond acceptors (Lipinski definition) is 8. The van der Waals surface area contributed by atoms with E-state index in [1.54, 1.807) is 30.3 Å². The van der Waals surface area contributed by atoms with E-state index < -0.39 is 42.5 Å². The summed E-state index contributed by atoms with van der Waals surface area (Å²) in [5.74, 6) is -3.93. The Kier molecular flexibility index (Phi) is 9.03. The Bertz CT molecular complexity index is 1960. The van der Waals surface area contributed by atoms with Gasteiger partial charge in [0.15, 0.2) is 0 Å². The molecule has 1 aliphatic heterocycles. The number of carbonyl (C=O) groups is 4. The van der Waals surface area contributed by atoms with Crippen LogP contribution in [0.5, 0.6) is 5.75 Å². The SMILES string of the molecule is C=C1C(=Nc2ccc(N(CC(=O)O)CC(=O)O)cc2OCCC)C(=O)N(c2ccccc2)c2[nH]n(-c3ccc(C(=O)O)cc3)c(=O)c21. The number of benzene rings is 3. The molecule has 3 aromatic carbocycles. The van der Waals surface area contributed by atoms with Crippen LogP contribution in [0.3, 0.4) is 0 Å². The van der Waals surface area contributed by atoms with Crippen molar-refractivity contribution >= 4 is 58.0 Å². The zero-order valence-corrected chi connectivity index (χ0v) is 25.0. The first kappa shape index (κ1) is 32.0. The second-order valence-corrected chi connectivity index (χ2v) is 10.4. The van der Waals surface area contributed by atoms with Crippen LogP contribution in [-0.4, -0.2) is 74.3 Å². The van der Waals surface area contributed by atoms with E-state index in [1.165, 1.54) is 52.0 Å². The van der Waals surface area contributed by atoms with Gasteiger partial charge in [-0.3, -0.25) is 29.2 Å². The minimum Gasteiger partial charge on any atom is -0.491 e. The van der Waals surface area contributed by atoms with Gasteiger partial charge in [-0.05, 0) is 55.0 Å². The van der Waals surface area contributed by atoms with E-state index in [9.17, 15) is 39.3 Å². The molecule has 1 aromatic heterocycles. The predicted octanol–water partition coefficient (Wildman–Crippen LogP) is 4.09. The molecule has 0 radical (unpaired) electrons. The number of fused-ring (bicyclic) bond motifs is 1. The molecule has 2 heterocycles. The third kappa shape index (κ3) is 6.51. The van der Waals surface area contributed by atoms with Crippen LogP contribution < -0.4 is 20.1 Å². The molecule has 0 saturated carbocycles. The van der Waals surface area contributed by atoms with Crippen LogP contribution in [0, 0.1) is 0 Å². The van der Waals surface area contributed by atoms with Crippen molar-refractivity contribution in [2.45, 2.75) is 13.3 Å². The molecular weight excluding hydrogens is 610 g/mol. The van der Waals surface area contributed by atoms with Crippen molar-refractivity contribution in [2.24, 2.45) is 4.99 Å². The Labute approximate surface area is 267 Å². The van der Waals surface area contributed by atoms with Crippen molar-refractivity contribution in [1.29, 1.82) is 0 Å². The average Bonchev–Trinajstić information content (AvgIpc) is 3.38. The second-order valence-electron chi connectivity index (χ2n) is 10.4. The Balaban J connectivity index is 1.66. The molecule has 4 N–H and O–H groups in total. The summed E-state index contributed by atoms with van der Waals surface area (Å²) in [6.45, 7) is 4.98. The highest BCUT2D eigenvalue weighted by Gasteiger charge is 2.38. The summed E-state index contributed by atoms with van der Waals surface area (Å²) in [7, 11) is 0. The lowest BCUT2D eigenvalue weighted by Crippen LogP contribution is -2.38. The first-order valence-electron chi connectivity index (χ1n) is 14.3. The quantitative estimate of drug-likeness (QED) is 0.175. The molecule has 0 fully saturated rings. The van der Waals surface area contributed by atoms with E-state index in [4.69, 9.17) is 4.74 Å². The number of para-hydroxylation sites is 1. The Morgan fingerprint density at radius 1 is 0.915 bits per heavy atom. The number of aliphatic imine (C=N–C) groups is 1. The van der Waals surface area contributed by atoms with Crippen molar-refractivity contribution in [3.8, 4) is 11.4 Å². The maximum atomic E-state index is 14.2. The lowest BCUT2D eigenvalue weighted by atomic mass is 9.98. The predicted molar refractivity (Wildman–Crippen MR) is 173 cm³/mol. The number of anilines is 3. The molecule has 1 aliphatic rings. The number of carboxylic acids is 3. The highest BCUT2D eigenvalue weighted by atomic mass is 16.5. The van der Waals surface area contributed by atoms with Crippen molar-refractivity contribution in [3.63, 3.8) is 0 Å². The first-order valence-corrected chi connectivity index (χ1v) is 14.3. The standard InChI is InChI=1S/C33H29N5O9/c1-3-15-47-25-16-23(36(17-26(39)40)18-27(41)42)13-14-24(25)34-29-19(2)28-30(37(32(29)44)21-7-5-4-6-8-21)35-38(31(28)43)22-11-9-20(10-12-22)33(45)46/h4-14,16,35H,2-3,15,17-18H2,1H3,(H,39,40)(H,41,42)(H,45,46). The fourth-order valence-electron chi connectivity index (χ4n) is 4.99. The van der Waals surface area contributed by atoms with Crippen LogP contribution in [0.25, 0.3) is 11.3 Å². The Morgan fingerprint density at radius 3 is 2.17 bits per heavy atom. The van der Waals surface area contributed by atoms with Crippen molar-refractivity contribution in [2.75, 3.05) is 29.5 Å². The lowest BCUT2D eigenvalue weighted by Gasteiger charge is -2.28. The molecule has 0 saturated heterocycles. The van der Waals surface area contributed by atoms with Crippen LogP contribution in [0.15, 0.2) is 89.2 Å². The number of amides is 1. The molecule has 14 heteroatoms. The molecule has 0 aliphatic carbocycles. The summed E-state index contributed by atoms with van der Waals surface area (Å²) < 4.78 is 7.07. The molecule has 0 spiro atoms. The number of aromatic carboxylic acids is 1. The minimum absolute atomic E-state index is 0.0169. The van der Waals surface area contributed by atoms with Gasteiger partial charge < -0.3 is 25.0 Å². The number of nitrogens with zero attached hydrogens (tertiary/aromatic N) is 4. The van der Waals surface area contributed by atoms with Crippen molar-refractivity contribution in [3.05, 3.63) is 101 Å². The number of carbonyl (C=O) groups excluding carboxylic acids is 1. The maximum absolute atomic E-state index is 14.2. The number of aliphatic carboxylic acids is 2. The number of H-pyrrole nitrogens is 1. The van der Waals surface area contributed by atoms with Gasteiger partial charge in [0.25, 0.3) is 11.5 Å². The van der Waals surface area contributed by atoms with E-state index in [-0.39, 0.29) is 52.0 Å². The van der Waals surface area contributed by atoms with Crippen LogP contribution in [-0.2, 0) is 14.4 Å². The van der Waals surface area contributed by atoms with Crippen LogP contribution in [0.2, 0.25) is 0 Å². The molecule has 47 heavy (non-hydrogen) atoms. The van der Waals surface area contributed by atoms with Gasteiger partial charge in [-0.15, -0.1) is 0 Å². The summed E-state index contributed by atoms with van der Waals surface area (Å²) in [5, 5.41) is 30.9. The van der Waals surface area contributed by atoms with Crippen molar-refractivity contribution in [1.82, 2.24) is 9.78 Å². The summed E-state index contributed by atoms with van der Waals surface area (Å²) in [4.78, 5) is 69.3. The monoisotopic (exact) mass is 639 g/mol. The molecule has 0 bridgehead atoms. The average molecular weight is 640 g/mol. The summed E-state index contributed by atoms with van der Waals surface area (Å²) >= 11 is 0. The molecule has 14 nitrogen and oxygen atoms in total. The Hall–Kier alpha value is -6.44. The van der Waals surface area contributed by atoms with E-state index >= 15 is 0 Å². The normalized spacial score (nSPS) is 13.4. The largest absolute Gasteiger partial charge is 0.491 e. The second kappa shape index (κ2) is 13.3. The Morgan fingerprint density at radius 2 is 1.57 bits per heavy atom. The fraction of sp³-hybridized carbons (Fsp3) is 0.152. The molecule has 240 valence electrons. The zero-order chi connectivity index (χ0) is 33.8. The topological polar surface area (TPSA) is 195 Å². The van der Waals surface area contributed by atoms with Gasteiger partial charge in [-0.1, -0.05) is 31.7 Å². The van der Waals surface area contributed by atoms with E-state index in [2.05, 4.69) is 16.7 Å². The number of carboxylic acid groups (broad SMARTS) is 3. The van der Waals surface area contributed by atoms with Gasteiger partial charge in [-0.25, -0.2) is 14.5 Å². The van der Waals surface area contributed by atoms with Gasteiger partial charge in [0, 0.05) is 17.3 Å². The molecule has 4 aromatic rings. The third-order valence-corrected chi connectivity index (χ3v) is 7.13. The fourth-order valence-corrected chi connectivity index (χ4v) is 4.99. The van der Waals surface area contributed by atoms with Gasteiger partial charge in [0.05, 0.1) is 29.1 Å². The van der Waals surface area contributed by atoms with E-state index in [0.29, 0.717) is 17.8 Å². The van der Waals surface area contributed by atoms with E-state index in [0.717, 1.165) is 4.90 Å². The number of aromatic nitrogens is 2. The molecule has 0 unspecified atom stereocenters. The number of ether oxygens (including phenoxy) is 1. The number of aromatic amines is 1. The van der Waals surface area contributed by atoms with Gasteiger partial charge in [-0.2, -0.15) is 0 Å². The summed E-state index contributed by atoms with van der Waals surface area (Å²) in [6, 6.07) is 18.5. The molecule has 5 rings (SSSR count). The highest BCUT2D eigenvalue weighted by Crippen LogP contribution is 2.39. The molecule has 0 atom stereocenters. The number of nitrogens with one attached hydrogen (secondary N) is 1. The van der Waals surface area contributed by atoms with Gasteiger partial charge >= 0.3 is 17.9 Å². The zero-order valence-electron chi connectivity index (χ0n) is 25.0. The maximum Gasteiger partial charge on any atom is 0.335 e. The number of rotatable bonds is 12. The summed E-state index contributed by atoms with van der Waals surface area (Å²) in [5.41, 5.74) is 0.503. The first-order chi connectivity index (χ1) is 22.5. The molecule has 1 amide bonds. The molecular formula is C33H29N5O9. The van der Waals surface area contributed by atoms with Crippen LogP contribution in [0.4, 0.5) is 22.9 Å². The van der Waals surface area contributed by atoms with Crippen LogP contribution >= 0.6 is 0 Å². The van der Waals surface area contributed by atoms with E-state index in [1.807, 2.05) is 6.92 Å². The van der Waals surface area contributed by atoms with Gasteiger partial charge in [0.1, 0.15) is 36.1 Å².